The zero-order valence-electron chi connectivity index (χ0n) is 12.3. The Morgan fingerprint density at radius 2 is 2.05 bits per heavy atom. The maximum absolute atomic E-state index is 11.1. The minimum atomic E-state index is -1.16. The van der Waals surface area contributed by atoms with Gasteiger partial charge in [-0.2, -0.15) is 0 Å². The lowest BCUT2D eigenvalue weighted by atomic mass is 9.85. The van der Waals surface area contributed by atoms with Crippen LogP contribution in [0.5, 0.6) is 5.75 Å². The molecule has 4 nitrogen and oxygen atoms in total. The Balaban J connectivity index is 2.46. The van der Waals surface area contributed by atoms with Crippen LogP contribution in [0.1, 0.15) is 45.1 Å². The second kappa shape index (κ2) is 7.29. The van der Waals surface area contributed by atoms with E-state index >= 15 is 0 Å². The summed E-state index contributed by atoms with van der Waals surface area (Å²) < 4.78 is 0. The largest absolute Gasteiger partial charge is 0.508 e. The molecule has 0 aliphatic rings. The molecule has 4 heteroatoms. The second-order valence-electron chi connectivity index (χ2n) is 5.72. The molecular weight excluding hydrogens is 254 g/mol. The Bertz CT molecular complexity index is 443. The monoisotopic (exact) mass is 279 g/mol. The van der Waals surface area contributed by atoms with E-state index in [0.29, 0.717) is 18.1 Å². The molecule has 0 heterocycles. The summed E-state index contributed by atoms with van der Waals surface area (Å²) in [5.74, 6) is -0.321. The van der Waals surface area contributed by atoms with Gasteiger partial charge in [0.1, 0.15) is 11.3 Å². The van der Waals surface area contributed by atoms with Gasteiger partial charge < -0.3 is 15.9 Å². The van der Waals surface area contributed by atoms with Gasteiger partial charge in [0.15, 0.2) is 0 Å². The van der Waals surface area contributed by atoms with Gasteiger partial charge in [0.05, 0.1) is 0 Å². The molecule has 1 rings (SSSR count). The number of hydrogen-bond donors (Lipinski definition) is 3. The molecule has 0 radical (unpaired) electrons. The molecule has 0 bridgehead atoms. The molecule has 0 aliphatic carbocycles. The van der Waals surface area contributed by atoms with Crippen molar-refractivity contribution in [1.29, 1.82) is 0 Å². The van der Waals surface area contributed by atoms with Crippen LogP contribution in [0, 0.1) is 5.92 Å². The number of phenols is 1. The highest BCUT2D eigenvalue weighted by Gasteiger charge is 2.30. The van der Waals surface area contributed by atoms with Crippen LogP contribution >= 0.6 is 0 Å². The first-order chi connectivity index (χ1) is 9.36. The van der Waals surface area contributed by atoms with Crippen molar-refractivity contribution in [2.45, 2.75) is 51.5 Å². The summed E-state index contributed by atoms with van der Waals surface area (Å²) in [6.07, 6.45) is 4.05. The van der Waals surface area contributed by atoms with E-state index in [-0.39, 0.29) is 0 Å². The molecule has 20 heavy (non-hydrogen) atoms. The van der Waals surface area contributed by atoms with Gasteiger partial charge in [-0.1, -0.05) is 38.0 Å². The summed E-state index contributed by atoms with van der Waals surface area (Å²) in [4.78, 5) is 11.1. The normalized spacial score (nSPS) is 15.6. The van der Waals surface area contributed by atoms with E-state index in [4.69, 9.17) is 10.8 Å². The smallest absolute Gasteiger partial charge is 0.323 e. The fourth-order valence-electron chi connectivity index (χ4n) is 2.44. The van der Waals surface area contributed by atoms with Gasteiger partial charge in [-0.3, -0.25) is 4.79 Å². The summed E-state index contributed by atoms with van der Waals surface area (Å²) in [5.41, 5.74) is 5.59. The number of carbonyl (C=O) groups is 1. The molecule has 112 valence electrons. The van der Waals surface area contributed by atoms with Gasteiger partial charge in [0.2, 0.25) is 0 Å². The van der Waals surface area contributed by atoms with E-state index in [1.165, 1.54) is 0 Å². The first-order valence-electron chi connectivity index (χ1n) is 7.16. The molecule has 0 saturated heterocycles. The number of carboxylic acid groups (broad SMARTS) is 1. The highest BCUT2D eigenvalue weighted by atomic mass is 16.4. The second-order valence-corrected chi connectivity index (χ2v) is 5.72. The van der Waals surface area contributed by atoms with E-state index in [2.05, 4.69) is 6.92 Å². The third-order valence-electron chi connectivity index (χ3n) is 3.83. The zero-order valence-corrected chi connectivity index (χ0v) is 12.3. The van der Waals surface area contributed by atoms with Crippen molar-refractivity contribution in [3.05, 3.63) is 29.8 Å². The molecule has 0 amide bonds. The van der Waals surface area contributed by atoms with E-state index in [1.807, 2.05) is 12.1 Å². The quantitative estimate of drug-likeness (QED) is 0.683. The van der Waals surface area contributed by atoms with Crippen LogP contribution in [0.4, 0.5) is 0 Å². The first-order valence-corrected chi connectivity index (χ1v) is 7.16. The maximum Gasteiger partial charge on any atom is 0.323 e. The molecule has 2 unspecified atom stereocenters. The highest BCUT2D eigenvalue weighted by molar-refractivity contribution is 5.77. The molecule has 0 fully saturated rings. The van der Waals surface area contributed by atoms with Gasteiger partial charge in [0.25, 0.3) is 0 Å². The maximum atomic E-state index is 11.1. The van der Waals surface area contributed by atoms with Gasteiger partial charge in [-0.15, -0.1) is 0 Å². The lowest BCUT2D eigenvalue weighted by Crippen LogP contribution is -2.46. The van der Waals surface area contributed by atoms with Crippen LogP contribution in [0.15, 0.2) is 24.3 Å². The van der Waals surface area contributed by atoms with Gasteiger partial charge in [-0.25, -0.2) is 0 Å². The predicted molar refractivity (Wildman–Crippen MR) is 79.7 cm³/mol. The fraction of sp³-hybridized carbons (Fsp3) is 0.562. The molecule has 2 atom stereocenters. The number of aryl methyl sites for hydroxylation is 1. The minimum Gasteiger partial charge on any atom is -0.508 e. The SMILES string of the molecule is CCC(CCCc1ccccc1O)CC(C)(N)C(=O)O. The number of nitrogens with two attached hydrogens (primary N) is 1. The van der Waals surface area contributed by atoms with Crippen molar-refractivity contribution >= 4 is 5.97 Å². The molecule has 1 aromatic rings. The number of aromatic hydroxyl groups is 1. The molecule has 4 N–H and O–H groups in total. The number of carboxylic acids is 1. The molecule has 0 spiro atoms. The van der Waals surface area contributed by atoms with Crippen LogP contribution in [0.25, 0.3) is 0 Å². The third kappa shape index (κ3) is 4.85. The summed E-state index contributed by atoms with van der Waals surface area (Å²) in [6, 6.07) is 7.32. The van der Waals surface area contributed by atoms with Crippen LogP contribution in [-0.4, -0.2) is 21.7 Å². The number of rotatable bonds is 8. The Labute approximate surface area is 120 Å². The zero-order chi connectivity index (χ0) is 15.2. The van der Waals surface area contributed by atoms with Crippen molar-refractivity contribution in [1.82, 2.24) is 0 Å². The first kappa shape index (κ1) is 16.5. The third-order valence-corrected chi connectivity index (χ3v) is 3.83. The summed E-state index contributed by atoms with van der Waals surface area (Å²) >= 11 is 0. The number of para-hydroxylation sites is 1. The highest BCUT2D eigenvalue weighted by Crippen LogP contribution is 2.25. The van der Waals surface area contributed by atoms with Crippen molar-refractivity contribution < 1.29 is 15.0 Å². The summed E-state index contributed by atoms with van der Waals surface area (Å²) in [7, 11) is 0. The van der Waals surface area contributed by atoms with E-state index in [9.17, 15) is 9.90 Å². The number of hydrogen-bond acceptors (Lipinski definition) is 3. The fourth-order valence-corrected chi connectivity index (χ4v) is 2.44. The Kier molecular flexibility index (Phi) is 6.02. The summed E-state index contributed by atoms with van der Waals surface area (Å²) in [5, 5.41) is 18.8. The lowest BCUT2D eigenvalue weighted by Gasteiger charge is -2.25. The molecular formula is C16H25NO3. The number of benzene rings is 1. The van der Waals surface area contributed by atoms with Crippen molar-refractivity contribution in [3.63, 3.8) is 0 Å². The lowest BCUT2D eigenvalue weighted by molar-refractivity contribution is -0.143. The van der Waals surface area contributed by atoms with Crippen LogP contribution in [-0.2, 0) is 11.2 Å². The van der Waals surface area contributed by atoms with Crippen molar-refractivity contribution in [3.8, 4) is 5.75 Å². The molecule has 0 saturated carbocycles. The van der Waals surface area contributed by atoms with E-state index < -0.39 is 11.5 Å². The molecule has 0 aromatic heterocycles. The Morgan fingerprint density at radius 3 is 2.60 bits per heavy atom. The average Bonchev–Trinajstić information content (AvgIpc) is 2.39. The van der Waals surface area contributed by atoms with Crippen molar-refractivity contribution in [2.75, 3.05) is 0 Å². The van der Waals surface area contributed by atoms with Gasteiger partial charge in [-0.05, 0) is 43.7 Å². The Morgan fingerprint density at radius 1 is 1.40 bits per heavy atom. The van der Waals surface area contributed by atoms with Crippen LogP contribution in [0.3, 0.4) is 0 Å². The van der Waals surface area contributed by atoms with Crippen molar-refractivity contribution in [2.24, 2.45) is 11.7 Å². The standard InChI is InChI=1S/C16H25NO3/c1-3-12(11-16(2,17)15(19)20)7-6-9-13-8-4-5-10-14(13)18/h4-5,8,10,12,18H,3,6-7,9,11,17H2,1-2H3,(H,19,20). The van der Waals surface area contributed by atoms with Crippen LogP contribution < -0.4 is 5.73 Å². The summed E-state index contributed by atoms with van der Waals surface area (Å²) in [6.45, 7) is 3.63. The number of aliphatic carboxylic acids is 1. The van der Waals surface area contributed by atoms with Gasteiger partial charge in [0, 0.05) is 0 Å². The minimum absolute atomic E-state index is 0.298. The number of phenolic OH excluding ortho intramolecular Hbond substituents is 1. The topological polar surface area (TPSA) is 83.5 Å². The van der Waals surface area contributed by atoms with Crippen LogP contribution in [0.2, 0.25) is 0 Å². The average molecular weight is 279 g/mol. The molecule has 1 aromatic carbocycles. The predicted octanol–water partition coefficient (Wildman–Crippen LogP) is 2.93. The van der Waals surface area contributed by atoms with Gasteiger partial charge >= 0.3 is 5.97 Å². The van der Waals surface area contributed by atoms with E-state index in [0.717, 1.165) is 31.2 Å². The Hall–Kier alpha value is -1.55. The molecule has 0 aliphatic heterocycles. The van der Waals surface area contributed by atoms with E-state index in [1.54, 1.807) is 19.1 Å².